The van der Waals surface area contributed by atoms with E-state index in [4.69, 9.17) is 4.74 Å². The van der Waals surface area contributed by atoms with Gasteiger partial charge in [0.1, 0.15) is 5.69 Å². The molecule has 0 atom stereocenters. The summed E-state index contributed by atoms with van der Waals surface area (Å²) in [4.78, 5) is 12.0. The molecule has 3 nitrogen and oxygen atoms in total. The zero-order valence-electron chi connectivity index (χ0n) is 11.7. The molecule has 1 aromatic heterocycles. The number of hydrogen-bond acceptors (Lipinski definition) is 2. The summed E-state index contributed by atoms with van der Waals surface area (Å²) < 4.78 is 7.38. The van der Waals surface area contributed by atoms with Gasteiger partial charge in [0.15, 0.2) is 0 Å². The van der Waals surface area contributed by atoms with Gasteiger partial charge in [-0.1, -0.05) is 19.3 Å². The molecule has 1 aliphatic carbocycles. The number of esters is 1. The minimum absolute atomic E-state index is 0.181. The molecule has 0 N–H and O–H groups in total. The molecule has 0 bridgehead atoms. The van der Waals surface area contributed by atoms with Gasteiger partial charge in [-0.05, 0) is 45.2 Å². The molecule has 0 spiro atoms. The van der Waals surface area contributed by atoms with Gasteiger partial charge in [0.05, 0.1) is 6.61 Å². The zero-order valence-corrected chi connectivity index (χ0v) is 11.7. The maximum absolute atomic E-state index is 12.0. The summed E-state index contributed by atoms with van der Waals surface area (Å²) in [5, 5.41) is 0. The Labute approximate surface area is 109 Å². The van der Waals surface area contributed by atoms with Crippen LogP contribution in [0.25, 0.3) is 0 Å². The fourth-order valence-corrected chi connectivity index (χ4v) is 2.92. The van der Waals surface area contributed by atoms with Crippen LogP contribution >= 0.6 is 0 Å². The molecule has 1 aromatic rings. The smallest absolute Gasteiger partial charge is 0.354 e. The van der Waals surface area contributed by atoms with Gasteiger partial charge in [0.25, 0.3) is 0 Å². The number of carbonyl (C=O) groups is 1. The predicted octanol–water partition coefficient (Wildman–Crippen LogP) is 3.79. The first kappa shape index (κ1) is 13.2. The molecule has 1 fully saturated rings. The van der Waals surface area contributed by atoms with Crippen LogP contribution in [0.15, 0.2) is 6.07 Å². The largest absolute Gasteiger partial charge is 0.461 e. The molecule has 0 unspecified atom stereocenters. The van der Waals surface area contributed by atoms with Crippen LogP contribution in [-0.4, -0.2) is 17.1 Å². The third-order valence-electron chi connectivity index (χ3n) is 3.97. The van der Waals surface area contributed by atoms with E-state index >= 15 is 0 Å². The van der Waals surface area contributed by atoms with Gasteiger partial charge in [0, 0.05) is 11.7 Å². The molecule has 0 aliphatic heterocycles. The SMILES string of the molecule is CCOC(=O)c1cc(C)c(C)n1C1CCCCC1. The zero-order chi connectivity index (χ0) is 13.1. The van der Waals surface area contributed by atoms with Crippen LogP contribution in [0.5, 0.6) is 0 Å². The van der Waals surface area contributed by atoms with Gasteiger partial charge in [-0.15, -0.1) is 0 Å². The van der Waals surface area contributed by atoms with E-state index in [-0.39, 0.29) is 5.97 Å². The van der Waals surface area contributed by atoms with Crippen LogP contribution in [0.4, 0.5) is 0 Å². The van der Waals surface area contributed by atoms with E-state index < -0.39 is 0 Å². The van der Waals surface area contributed by atoms with Crippen molar-refractivity contribution in [1.29, 1.82) is 0 Å². The highest BCUT2D eigenvalue weighted by Crippen LogP contribution is 2.32. The number of carbonyl (C=O) groups excluding carboxylic acids is 1. The van der Waals surface area contributed by atoms with Crippen LogP contribution in [0.1, 0.15) is 66.8 Å². The van der Waals surface area contributed by atoms with E-state index in [0.29, 0.717) is 12.6 Å². The third kappa shape index (κ3) is 2.45. The van der Waals surface area contributed by atoms with Gasteiger partial charge in [-0.25, -0.2) is 4.79 Å². The Morgan fingerprint density at radius 1 is 1.33 bits per heavy atom. The van der Waals surface area contributed by atoms with Crippen molar-refractivity contribution >= 4 is 5.97 Å². The van der Waals surface area contributed by atoms with Crippen LogP contribution in [0.2, 0.25) is 0 Å². The summed E-state index contributed by atoms with van der Waals surface area (Å²) >= 11 is 0. The number of hydrogen-bond donors (Lipinski definition) is 0. The summed E-state index contributed by atoms with van der Waals surface area (Å²) in [6.07, 6.45) is 6.22. The lowest BCUT2D eigenvalue weighted by atomic mass is 9.95. The number of aryl methyl sites for hydroxylation is 1. The molecule has 0 saturated heterocycles. The first-order valence-electron chi connectivity index (χ1n) is 7.00. The highest BCUT2D eigenvalue weighted by molar-refractivity contribution is 5.88. The topological polar surface area (TPSA) is 31.2 Å². The summed E-state index contributed by atoms with van der Waals surface area (Å²) in [5.74, 6) is -0.181. The van der Waals surface area contributed by atoms with Crippen LogP contribution in [-0.2, 0) is 4.74 Å². The summed E-state index contributed by atoms with van der Waals surface area (Å²) in [6.45, 7) is 6.46. The van der Waals surface area contributed by atoms with Gasteiger partial charge < -0.3 is 9.30 Å². The molecule has 0 aromatic carbocycles. The van der Waals surface area contributed by atoms with Crippen molar-refractivity contribution in [3.8, 4) is 0 Å². The van der Waals surface area contributed by atoms with Crippen molar-refractivity contribution in [2.24, 2.45) is 0 Å². The lowest BCUT2D eigenvalue weighted by molar-refractivity contribution is 0.0509. The highest BCUT2D eigenvalue weighted by atomic mass is 16.5. The first-order valence-corrected chi connectivity index (χ1v) is 7.00. The Kier molecular flexibility index (Phi) is 4.10. The van der Waals surface area contributed by atoms with E-state index in [1.165, 1.54) is 43.4 Å². The first-order chi connectivity index (χ1) is 8.65. The number of ether oxygens (including phenoxy) is 1. The Bertz CT molecular complexity index is 428. The Morgan fingerprint density at radius 2 is 2.00 bits per heavy atom. The molecular weight excluding hydrogens is 226 g/mol. The normalized spacial score (nSPS) is 16.8. The predicted molar refractivity (Wildman–Crippen MR) is 72.0 cm³/mol. The fourth-order valence-electron chi connectivity index (χ4n) is 2.92. The quantitative estimate of drug-likeness (QED) is 0.763. The second-order valence-electron chi connectivity index (χ2n) is 5.18. The Balaban J connectivity index is 2.34. The van der Waals surface area contributed by atoms with E-state index in [9.17, 15) is 4.79 Å². The van der Waals surface area contributed by atoms with Gasteiger partial charge in [0.2, 0.25) is 0 Å². The summed E-state index contributed by atoms with van der Waals surface area (Å²) in [6, 6.07) is 2.45. The monoisotopic (exact) mass is 249 g/mol. The van der Waals surface area contributed by atoms with Crippen LogP contribution < -0.4 is 0 Å². The number of aromatic nitrogens is 1. The second-order valence-corrected chi connectivity index (χ2v) is 5.18. The molecule has 1 aliphatic rings. The lowest BCUT2D eigenvalue weighted by Gasteiger charge is -2.26. The molecule has 1 heterocycles. The molecule has 2 rings (SSSR count). The molecule has 100 valence electrons. The van der Waals surface area contributed by atoms with E-state index in [1.54, 1.807) is 0 Å². The lowest BCUT2D eigenvalue weighted by Crippen LogP contribution is -2.20. The van der Waals surface area contributed by atoms with E-state index in [1.807, 2.05) is 13.0 Å². The standard InChI is InChI=1S/C15H23NO2/c1-4-18-15(17)14-10-11(2)12(3)16(14)13-8-6-5-7-9-13/h10,13H,4-9H2,1-3H3. The van der Waals surface area contributed by atoms with E-state index in [0.717, 1.165) is 5.69 Å². The summed E-state index contributed by atoms with van der Waals surface area (Å²) in [7, 11) is 0. The molecule has 1 saturated carbocycles. The van der Waals surface area contributed by atoms with Crippen molar-refractivity contribution in [3.63, 3.8) is 0 Å². The third-order valence-corrected chi connectivity index (χ3v) is 3.97. The Hall–Kier alpha value is -1.25. The maximum atomic E-state index is 12.0. The van der Waals surface area contributed by atoms with Crippen molar-refractivity contribution in [1.82, 2.24) is 4.57 Å². The van der Waals surface area contributed by atoms with Crippen LogP contribution in [0.3, 0.4) is 0 Å². The van der Waals surface area contributed by atoms with Crippen molar-refractivity contribution in [2.45, 2.75) is 58.9 Å². The van der Waals surface area contributed by atoms with Crippen molar-refractivity contribution in [3.05, 3.63) is 23.0 Å². The minimum atomic E-state index is -0.181. The number of rotatable bonds is 3. The van der Waals surface area contributed by atoms with E-state index in [2.05, 4.69) is 18.4 Å². The number of nitrogens with zero attached hydrogens (tertiary/aromatic N) is 1. The van der Waals surface area contributed by atoms with Crippen molar-refractivity contribution in [2.75, 3.05) is 6.61 Å². The molecule has 18 heavy (non-hydrogen) atoms. The van der Waals surface area contributed by atoms with Gasteiger partial charge >= 0.3 is 5.97 Å². The van der Waals surface area contributed by atoms with Gasteiger partial charge in [-0.3, -0.25) is 0 Å². The van der Waals surface area contributed by atoms with Gasteiger partial charge in [-0.2, -0.15) is 0 Å². The van der Waals surface area contributed by atoms with Crippen molar-refractivity contribution < 1.29 is 9.53 Å². The highest BCUT2D eigenvalue weighted by Gasteiger charge is 2.24. The average molecular weight is 249 g/mol. The molecule has 0 amide bonds. The minimum Gasteiger partial charge on any atom is -0.461 e. The second kappa shape index (κ2) is 5.59. The average Bonchev–Trinajstić information content (AvgIpc) is 2.67. The summed E-state index contributed by atoms with van der Waals surface area (Å²) in [5.41, 5.74) is 3.13. The maximum Gasteiger partial charge on any atom is 0.354 e. The molecule has 3 heteroatoms. The Morgan fingerprint density at radius 3 is 2.61 bits per heavy atom. The molecular formula is C15H23NO2. The van der Waals surface area contributed by atoms with Crippen LogP contribution in [0, 0.1) is 13.8 Å². The molecule has 0 radical (unpaired) electrons. The fraction of sp³-hybridized carbons (Fsp3) is 0.667.